The number of pyridine rings is 1. The van der Waals surface area contributed by atoms with Gasteiger partial charge in [0, 0.05) is 44.0 Å². The van der Waals surface area contributed by atoms with Gasteiger partial charge in [-0.2, -0.15) is 0 Å². The molecule has 2 fully saturated rings. The first-order chi connectivity index (χ1) is 15.0. The van der Waals surface area contributed by atoms with Crippen LogP contribution in [0.5, 0.6) is 0 Å². The van der Waals surface area contributed by atoms with Crippen molar-refractivity contribution < 1.29 is 19.4 Å². The number of carbonyl (C=O) groups excluding carboxylic acids is 3. The zero-order valence-electron chi connectivity index (χ0n) is 17.7. The van der Waals surface area contributed by atoms with Crippen LogP contribution in [0.1, 0.15) is 18.9 Å². The number of hydrogen-bond donors (Lipinski definition) is 1. The lowest BCUT2D eigenvalue weighted by atomic mass is 9.93. The molecule has 2 N–H and O–H groups in total. The van der Waals surface area contributed by atoms with E-state index in [9.17, 15) is 14.4 Å². The highest BCUT2D eigenvalue weighted by atomic mass is 16.2. The maximum atomic E-state index is 13.0. The summed E-state index contributed by atoms with van der Waals surface area (Å²) in [6.45, 7) is 4.07. The number of carbonyl (C=O) groups is 3. The lowest BCUT2D eigenvalue weighted by Crippen LogP contribution is -2.52. The zero-order chi connectivity index (χ0) is 21.8. The van der Waals surface area contributed by atoms with Gasteiger partial charge in [0.2, 0.25) is 5.91 Å². The SMILES string of the molecule is C[C@@]1(CCc2ccccc2)NC(=O)N(CC(=O)N2CCN(c3cc[nH+]cc3)CC2)C1=O. The number of benzene rings is 1. The molecule has 0 saturated carbocycles. The molecule has 2 aliphatic heterocycles. The van der Waals surface area contributed by atoms with Crippen molar-refractivity contribution in [2.24, 2.45) is 0 Å². The highest BCUT2D eigenvalue weighted by Crippen LogP contribution is 2.23. The third kappa shape index (κ3) is 4.52. The Hall–Kier alpha value is -3.42. The molecule has 162 valence electrons. The molecule has 4 amide bonds. The van der Waals surface area contributed by atoms with E-state index in [1.165, 1.54) is 0 Å². The molecule has 4 rings (SSSR count). The second kappa shape index (κ2) is 8.75. The molecule has 1 aromatic carbocycles. The van der Waals surface area contributed by atoms with Gasteiger partial charge >= 0.3 is 6.03 Å². The Labute approximate surface area is 181 Å². The Kier molecular flexibility index (Phi) is 5.88. The number of piperazine rings is 1. The second-order valence-electron chi connectivity index (χ2n) is 8.27. The van der Waals surface area contributed by atoms with Crippen molar-refractivity contribution in [3.8, 4) is 0 Å². The first kappa shape index (κ1) is 20.8. The van der Waals surface area contributed by atoms with E-state index in [-0.39, 0.29) is 18.4 Å². The van der Waals surface area contributed by atoms with Crippen molar-refractivity contribution in [3.63, 3.8) is 0 Å². The minimum absolute atomic E-state index is 0.197. The van der Waals surface area contributed by atoms with E-state index in [2.05, 4.69) is 15.2 Å². The number of nitrogens with zero attached hydrogens (tertiary/aromatic N) is 3. The highest BCUT2D eigenvalue weighted by Gasteiger charge is 2.48. The van der Waals surface area contributed by atoms with Gasteiger partial charge in [-0.05, 0) is 25.3 Å². The van der Waals surface area contributed by atoms with Gasteiger partial charge in [-0.25, -0.2) is 9.78 Å². The van der Waals surface area contributed by atoms with Crippen molar-refractivity contribution in [1.29, 1.82) is 0 Å². The summed E-state index contributed by atoms with van der Waals surface area (Å²) >= 11 is 0. The molecule has 31 heavy (non-hydrogen) atoms. The zero-order valence-corrected chi connectivity index (χ0v) is 17.7. The maximum Gasteiger partial charge on any atom is 0.325 e. The molecule has 1 aromatic heterocycles. The fourth-order valence-electron chi connectivity index (χ4n) is 4.14. The number of aryl methyl sites for hydroxylation is 1. The molecule has 8 nitrogen and oxygen atoms in total. The van der Waals surface area contributed by atoms with Crippen molar-refractivity contribution >= 4 is 23.5 Å². The highest BCUT2D eigenvalue weighted by molar-refractivity contribution is 6.08. The number of H-pyrrole nitrogens is 1. The predicted octanol–water partition coefficient (Wildman–Crippen LogP) is 1.09. The van der Waals surface area contributed by atoms with Crippen LogP contribution >= 0.6 is 0 Å². The summed E-state index contributed by atoms with van der Waals surface area (Å²) in [7, 11) is 0. The number of aromatic nitrogens is 1. The summed E-state index contributed by atoms with van der Waals surface area (Å²) in [6, 6.07) is 13.4. The van der Waals surface area contributed by atoms with E-state index in [1.807, 2.05) is 54.9 Å². The minimum Gasteiger partial charge on any atom is -0.368 e. The lowest BCUT2D eigenvalue weighted by Gasteiger charge is -2.36. The van der Waals surface area contributed by atoms with E-state index in [0.717, 1.165) is 16.2 Å². The smallest absolute Gasteiger partial charge is 0.325 e. The fourth-order valence-corrected chi connectivity index (χ4v) is 4.14. The third-order valence-corrected chi connectivity index (χ3v) is 6.09. The van der Waals surface area contributed by atoms with Gasteiger partial charge in [-0.1, -0.05) is 30.3 Å². The minimum atomic E-state index is -0.990. The van der Waals surface area contributed by atoms with E-state index >= 15 is 0 Å². The molecule has 2 saturated heterocycles. The number of hydrogen-bond acceptors (Lipinski definition) is 4. The maximum absolute atomic E-state index is 13.0. The summed E-state index contributed by atoms with van der Waals surface area (Å²) in [5, 5.41) is 2.79. The average Bonchev–Trinajstić information content (AvgIpc) is 3.02. The standard InChI is InChI=1S/C23H27N5O3/c1-23(10-7-18-5-3-2-4-6-18)21(30)28(22(31)25-23)17-20(29)27-15-13-26(14-16-27)19-8-11-24-12-9-19/h2-6,8-9,11-12H,7,10,13-17H2,1H3,(H,25,31)/p+1/t23-/m0/s1. The molecule has 2 aromatic rings. The Balaban J connectivity index is 1.32. The van der Waals surface area contributed by atoms with Gasteiger partial charge in [0.25, 0.3) is 5.91 Å². The number of nitrogens with one attached hydrogen (secondary N) is 2. The summed E-state index contributed by atoms with van der Waals surface area (Å²) in [4.78, 5) is 46.3. The molecular formula is C23H28N5O3+. The fraction of sp³-hybridized carbons (Fsp3) is 0.391. The third-order valence-electron chi connectivity index (χ3n) is 6.09. The van der Waals surface area contributed by atoms with Crippen LogP contribution in [-0.2, 0) is 16.0 Å². The van der Waals surface area contributed by atoms with Crippen LogP contribution < -0.4 is 15.2 Å². The molecule has 8 heteroatoms. The second-order valence-corrected chi connectivity index (χ2v) is 8.27. The van der Waals surface area contributed by atoms with Crippen molar-refractivity contribution in [3.05, 3.63) is 60.4 Å². The molecule has 2 aliphatic rings. The number of rotatable bonds is 6. The summed E-state index contributed by atoms with van der Waals surface area (Å²) in [6.07, 6.45) is 4.91. The first-order valence-corrected chi connectivity index (χ1v) is 10.6. The van der Waals surface area contributed by atoms with E-state index in [4.69, 9.17) is 0 Å². The van der Waals surface area contributed by atoms with Gasteiger partial charge in [0.05, 0.1) is 0 Å². The molecule has 3 heterocycles. The van der Waals surface area contributed by atoms with Gasteiger partial charge < -0.3 is 15.1 Å². The average molecular weight is 423 g/mol. The van der Waals surface area contributed by atoms with E-state index in [0.29, 0.717) is 39.0 Å². The summed E-state index contributed by atoms with van der Waals surface area (Å²) < 4.78 is 0. The van der Waals surface area contributed by atoms with Crippen molar-refractivity contribution in [1.82, 2.24) is 15.1 Å². The summed E-state index contributed by atoms with van der Waals surface area (Å²) in [5.41, 5.74) is 1.22. The Bertz CT molecular complexity index is 944. The number of imide groups is 1. The molecule has 0 aliphatic carbocycles. The van der Waals surface area contributed by atoms with E-state index < -0.39 is 11.6 Å². The molecule has 0 radical (unpaired) electrons. The van der Waals surface area contributed by atoms with Crippen LogP contribution in [0.3, 0.4) is 0 Å². The molecule has 0 spiro atoms. The quantitative estimate of drug-likeness (QED) is 0.706. The molecule has 0 unspecified atom stereocenters. The number of anilines is 1. The molecule has 1 atom stereocenters. The molecule has 0 bridgehead atoms. The van der Waals surface area contributed by atoms with Crippen LogP contribution in [0.2, 0.25) is 0 Å². The Morgan fingerprint density at radius 1 is 1.03 bits per heavy atom. The topological polar surface area (TPSA) is 87.1 Å². The Morgan fingerprint density at radius 3 is 2.39 bits per heavy atom. The van der Waals surface area contributed by atoms with Crippen LogP contribution in [0.15, 0.2) is 54.9 Å². The normalized spacial score (nSPS) is 21.4. The van der Waals surface area contributed by atoms with Crippen LogP contribution in [0.4, 0.5) is 10.5 Å². The largest absolute Gasteiger partial charge is 0.368 e. The molecular weight excluding hydrogens is 394 g/mol. The van der Waals surface area contributed by atoms with Crippen LogP contribution in [-0.4, -0.2) is 65.9 Å². The lowest BCUT2D eigenvalue weighted by molar-refractivity contribution is -0.377. The number of aromatic amines is 1. The van der Waals surface area contributed by atoms with Crippen molar-refractivity contribution in [2.75, 3.05) is 37.6 Å². The van der Waals surface area contributed by atoms with Crippen LogP contribution in [0, 0.1) is 0 Å². The summed E-state index contributed by atoms with van der Waals surface area (Å²) in [5.74, 6) is -0.530. The number of amides is 4. The predicted molar refractivity (Wildman–Crippen MR) is 115 cm³/mol. The van der Waals surface area contributed by atoms with Crippen molar-refractivity contribution in [2.45, 2.75) is 25.3 Å². The van der Waals surface area contributed by atoms with Crippen LogP contribution in [0.25, 0.3) is 0 Å². The van der Waals surface area contributed by atoms with Gasteiger partial charge in [0.15, 0.2) is 12.4 Å². The Morgan fingerprint density at radius 2 is 1.71 bits per heavy atom. The van der Waals surface area contributed by atoms with Gasteiger partial charge in [0.1, 0.15) is 12.1 Å². The monoisotopic (exact) mass is 422 g/mol. The number of urea groups is 1. The first-order valence-electron chi connectivity index (χ1n) is 10.6. The van der Waals surface area contributed by atoms with Gasteiger partial charge in [-0.3, -0.25) is 14.5 Å². The van der Waals surface area contributed by atoms with Gasteiger partial charge in [-0.15, -0.1) is 0 Å². The van der Waals surface area contributed by atoms with E-state index in [1.54, 1.807) is 11.8 Å².